The molecular formula is C9H15NO. The van der Waals surface area contributed by atoms with Gasteiger partial charge in [0.05, 0.1) is 6.07 Å². The third kappa shape index (κ3) is 9.16. The molecule has 0 unspecified atom stereocenters. The Morgan fingerprint density at radius 3 is 2.36 bits per heavy atom. The SMILES string of the molecule is N#CCCCCCCCC=O. The molecule has 0 radical (unpaired) electrons. The summed E-state index contributed by atoms with van der Waals surface area (Å²) in [6.45, 7) is 0. The molecule has 0 N–H and O–H groups in total. The van der Waals surface area contributed by atoms with E-state index in [1.807, 2.05) is 0 Å². The minimum absolute atomic E-state index is 0.674. The number of nitriles is 1. The number of carbonyl (C=O) groups is 1. The van der Waals surface area contributed by atoms with Crippen LogP contribution in [-0.4, -0.2) is 6.29 Å². The van der Waals surface area contributed by atoms with Gasteiger partial charge in [-0.25, -0.2) is 0 Å². The summed E-state index contributed by atoms with van der Waals surface area (Å²) >= 11 is 0. The maximum atomic E-state index is 9.90. The fourth-order valence-electron chi connectivity index (χ4n) is 0.962. The quantitative estimate of drug-likeness (QED) is 0.416. The zero-order chi connectivity index (χ0) is 8.36. The molecule has 0 atom stereocenters. The molecule has 0 fully saturated rings. The average Bonchev–Trinajstić information content (AvgIpc) is 2.03. The maximum Gasteiger partial charge on any atom is 0.119 e. The molecule has 0 aliphatic heterocycles. The highest BCUT2D eigenvalue weighted by molar-refractivity contribution is 5.48. The van der Waals surface area contributed by atoms with E-state index in [2.05, 4.69) is 6.07 Å². The van der Waals surface area contributed by atoms with Gasteiger partial charge in [0.2, 0.25) is 0 Å². The van der Waals surface area contributed by atoms with Gasteiger partial charge in [0.1, 0.15) is 6.29 Å². The van der Waals surface area contributed by atoms with Crippen LogP contribution < -0.4 is 0 Å². The van der Waals surface area contributed by atoms with Crippen molar-refractivity contribution in [1.29, 1.82) is 5.26 Å². The first-order valence-electron chi connectivity index (χ1n) is 4.22. The summed E-state index contributed by atoms with van der Waals surface area (Å²) in [5.41, 5.74) is 0. The van der Waals surface area contributed by atoms with Gasteiger partial charge in [-0.2, -0.15) is 5.26 Å². The Labute approximate surface area is 68.2 Å². The molecule has 0 amide bonds. The lowest BCUT2D eigenvalue weighted by Crippen LogP contribution is -1.79. The highest BCUT2D eigenvalue weighted by atomic mass is 16.1. The molecule has 0 saturated carbocycles. The second kappa shape index (κ2) is 9.16. The van der Waals surface area contributed by atoms with Gasteiger partial charge in [0.25, 0.3) is 0 Å². The first kappa shape index (κ1) is 10.2. The second-order valence-corrected chi connectivity index (χ2v) is 2.63. The van der Waals surface area contributed by atoms with Crippen molar-refractivity contribution in [3.63, 3.8) is 0 Å². The Morgan fingerprint density at radius 2 is 1.73 bits per heavy atom. The summed E-state index contributed by atoms with van der Waals surface area (Å²) in [5, 5.41) is 8.21. The van der Waals surface area contributed by atoms with Gasteiger partial charge >= 0.3 is 0 Å². The monoisotopic (exact) mass is 153 g/mol. The van der Waals surface area contributed by atoms with Crippen LogP contribution in [0.2, 0.25) is 0 Å². The number of nitrogens with zero attached hydrogens (tertiary/aromatic N) is 1. The molecule has 0 aliphatic rings. The molecule has 2 heteroatoms. The van der Waals surface area contributed by atoms with Crippen LogP contribution in [0.5, 0.6) is 0 Å². The fourth-order valence-corrected chi connectivity index (χ4v) is 0.962. The van der Waals surface area contributed by atoms with E-state index in [4.69, 9.17) is 5.26 Å². The van der Waals surface area contributed by atoms with Gasteiger partial charge in [-0.15, -0.1) is 0 Å². The minimum atomic E-state index is 0.674. The van der Waals surface area contributed by atoms with Crippen molar-refractivity contribution in [3.05, 3.63) is 0 Å². The van der Waals surface area contributed by atoms with E-state index in [0.717, 1.165) is 38.4 Å². The van der Waals surface area contributed by atoms with E-state index in [1.165, 1.54) is 0 Å². The Kier molecular flexibility index (Phi) is 8.46. The molecule has 0 heterocycles. The van der Waals surface area contributed by atoms with Crippen molar-refractivity contribution in [1.82, 2.24) is 0 Å². The first-order valence-corrected chi connectivity index (χ1v) is 4.22. The van der Waals surface area contributed by atoms with Crippen molar-refractivity contribution in [2.24, 2.45) is 0 Å². The zero-order valence-electron chi connectivity index (χ0n) is 6.88. The smallest absolute Gasteiger partial charge is 0.119 e. The minimum Gasteiger partial charge on any atom is -0.303 e. The van der Waals surface area contributed by atoms with Crippen LogP contribution in [0.3, 0.4) is 0 Å². The molecule has 62 valence electrons. The van der Waals surface area contributed by atoms with Gasteiger partial charge in [-0.3, -0.25) is 0 Å². The van der Waals surface area contributed by atoms with E-state index in [1.54, 1.807) is 0 Å². The first-order chi connectivity index (χ1) is 5.41. The number of carbonyl (C=O) groups excluding carboxylic acids is 1. The normalized spacial score (nSPS) is 9.00. The third-order valence-electron chi connectivity index (χ3n) is 1.61. The van der Waals surface area contributed by atoms with Crippen molar-refractivity contribution in [2.45, 2.75) is 44.9 Å². The highest BCUT2D eigenvalue weighted by Gasteiger charge is 1.89. The van der Waals surface area contributed by atoms with Crippen LogP contribution >= 0.6 is 0 Å². The van der Waals surface area contributed by atoms with Crippen molar-refractivity contribution in [2.75, 3.05) is 0 Å². The van der Waals surface area contributed by atoms with Crippen molar-refractivity contribution >= 4 is 6.29 Å². The molecule has 0 spiro atoms. The van der Waals surface area contributed by atoms with Crippen molar-refractivity contribution < 1.29 is 4.79 Å². The molecular weight excluding hydrogens is 138 g/mol. The molecule has 2 nitrogen and oxygen atoms in total. The van der Waals surface area contributed by atoms with Crippen LogP contribution in [0.25, 0.3) is 0 Å². The van der Waals surface area contributed by atoms with E-state index in [9.17, 15) is 4.79 Å². The Balaban J connectivity index is 2.80. The van der Waals surface area contributed by atoms with Crippen LogP contribution in [0.4, 0.5) is 0 Å². The lowest BCUT2D eigenvalue weighted by atomic mass is 10.1. The van der Waals surface area contributed by atoms with E-state index < -0.39 is 0 Å². The van der Waals surface area contributed by atoms with Crippen LogP contribution in [0.1, 0.15) is 44.9 Å². The van der Waals surface area contributed by atoms with Crippen LogP contribution in [0.15, 0.2) is 0 Å². The van der Waals surface area contributed by atoms with E-state index in [-0.39, 0.29) is 0 Å². The molecule has 0 bridgehead atoms. The topological polar surface area (TPSA) is 40.9 Å². The Bertz CT molecular complexity index is 126. The molecule has 0 aliphatic carbocycles. The number of aldehydes is 1. The second-order valence-electron chi connectivity index (χ2n) is 2.63. The summed E-state index contributed by atoms with van der Waals surface area (Å²) in [6.07, 6.45) is 7.78. The summed E-state index contributed by atoms with van der Waals surface area (Å²) in [4.78, 5) is 9.90. The molecule has 0 aromatic rings. The molecule has 0 aromatic carbocycles. The van der Waals surface area contributed by atoms with Gasteiger partial charge in [-0.1, -0.05) is 19.3 Å². The molecule has 11 heavy (non-hydrogen) atoms. The van der Waals surface area contributed by atoms with Gasteiger partial charge in [0.15, 0.2) is 0 Å². The maximum absolute atomic E-state index is 9.90. The Morgan fingerprint density at radius 1 is 1.09 bits per heavy atom. The number of rotatable bonds is 7. The molecule has 0 aromatic heterocycles. The zero-order valence-corrected chi connectivity index (χ0v) is 6.88. The number of unbranched alkanes of at least 4 members (excludes halogenated alkanes) is 6. The lowest BCUT2D eigenvalue weighted by Gasteiger charge is -1.95. The number of hydrogen-bond donors (Lipinski definition) is 0. The summed E-state index contributed by atoms with van der Waals surface area (Å²) < 4.78 is 0. The lowest BCUT2D eigenvalue weighted by molar-refractivity contribution is -0.107. The average molecular weight is 153 g/mol. The van der Waals surface area contributed by atoms with E-state index in [0.29, 0.717) is 12.8 Å². The Hall–Kier alpha value is -0.840. The predicted molar refractivity (Wildman–Crippen MR) is 44.0 cm³/mol. The van der Waals surface area contributed by atoms with Gasteiger partial charge < -0.3 is 4.79 Å². The van der Waals surface area contributed by atoms with Gasteiger partial charge in [0, 0.05) is 12.8 Å². The molecule has 0 rings (SSSR count). The van der Waals surface area contributed by atoms with Crippen molar-refractivity contribution in [3.8, 4) is 6.07 Å². The molecule has 0 saturated heterocycles. The van der Waals surface area contributed by atoms with Crippen LogP contribution in [0, 0.1) is 11.3 Å². The number of hydrogen-bond acceptors (Lipinski definition) is 2. The summed E-state index contributed by atoms with van der Waals surface area (Å²) in [7, 11) is 0. The van der Waals surface area contributed by atoms with E-state index >= 15 is 0 Å². The standard InChI is InChI=1S/C9H15NO/c10-8-6-4-2-1-3-5-7-9-11/h9H,1-7H2. The summed E-state index contributed by atoms with van der Waals surface area (Å²) in [6, 6.07) is 2.11. The largest absolute Gasteiger partial charge is 0.303 e. The predicted octanol–water partition coefficient (Wildman–Crippen LogP) is 2.44. The van der Waals surface area contributed by atoms with Crippen LogP contribution in [-0.2, 0) is 4.79 Å². The fraction of sp³-hybridized carbons (Fsp3) is 0.778. The highest BCUT2D eigenvalue weighted by Crippen LogP contribution is 2.05. The summed E-state index contributed by atoms with van der Waals surface area (Å²) in [5.74, 6) is 0. The van der Waals surface area contributed by atoms with Gasteiger partial charge in [-0.05, 0) is 12.8 Å². The third-order valence-corrected chi connectivity index (χ3v) is 1.61.